The van der Waals surface area contributed by atoms with Crippen molar-refractivity contribution in [3.8, 4) is 5.75 Å². The van der Waals surface area contributed by atoms with E-state index >= 15 is 0 Å². The molecular formula is C21H22ClN3O3S. The minimum atomic E-state index is -0.310. The molecule has 4 rings (SSSR count). The van der Waals surface area contributed by atoms with Crippen molar-refractivity contribution in [2.45, 2.75) is 39.7 Å². The summed E-state index contributed by atoms with van der Waals surface area (Å²) in [7, 11) is 1.53. The number of fused-ring (bicyclic) bond motifs is 3. The van der Waals surface area contributed by atoms with Crippen LogP contribution < -0.4 is 15.6 Å². The first-order chi connectivity index (χ1) is 13.9. The molecule has 6 nitrogen and oxygen atoms in total. The second kappa shape index (κ2) is 7.80. The number of rotatable bonds is 4. The molecule has 1 aromatic carbocycles. The van der Waals surface area contributed by atoms with Crippen molar-refractivity contribution in [3.05, 3.63) is 49.8 Å². The van der Waals surface area contributed by atoms with Gasteiger partial charge in [0.2, 0.25) is 5.91 Å². The zero-order valence-electron chi connectivity index (χ0n) is 16.5. The molecule has 0 saturated carbocycles. The van der Waals surface area contributed by atoms with Crippen molar-refractivity contribution < 1.29 is 9.53 Å². The van der Waals surface area contributed by atoms with Gasteiger partial charge in [-0.3, -0.25) is 14.2 Å². The summed E-state index contributed by atoms with van der Waals surface area (Å²) in [6.45, 7) is 3.90. The number of aromatic nitrogens is 2. The van der Waals surface area contributed by atoms with E-state index in [2.05, 4.69) is 17.2 Å². The zero-order valence-corrected chi connectivity index (χ0v) is 18.1. The van der Waals surface area contributed by atoms with E-state index < -0.39 is 0 Å². The Balaban J connectivity index is 1.63. The number of methoxy groups -OCH3 is 1. The Kier molecular flexibility index (Phi) is 5.36. The molecular weight excluding hydrogens is 410 g/mol. The first-order valence-corrected chi connectivity index (χ1v) is 10.7. The van der Waals surface area contributed by atoms with Gasteiger partial charge in [0.05, 0.1) is 17.5 Å². The van der Waals surface area contributed by atoms with E-state index in [1.54, 1.807) is 36.5 Å². The summed E-state index contributed by atoms with van der Waals surface area (Å²) in [5.74, 6) is 1.39. The highest BCUT2D eigenvalue weighted by atomic mass is 35.5. The molecule has 0 aliphatic heterocycles. The Labute approximate surface area is 177 Å². The second-order valence-electron chi connectivity index (χ2n) is 7.48. The molecule has 29 heavy (non-hydrogen) atoms. The van der Waals surface area contributed by atoms with Crippen LogP contribution in [0.1, 0.15) is 29.6 Å². The summed E-state index contributed by atoms with van der Waals surface area (Å²) in [4.78, 5) is 32.5. The zero-order chi connectivity index (χ0) is 20.7. The lowest BCUT2D eigenvalue weighted by molar-refractivity contribution is -0.116. The SMILES string of the molecule is COc1ccc(NC(=O)Cn2c(C)nc3sc4c(c3c2=O)CCC(C)C4)cc1Cl. The number of carbonyl (C=O) groups is 1. The molecule has 8 heteroatoms. The number of nitrogens with zero attached hydrogens (tertiary/aromatic N) is 2. The Morgan fingerprint density at radius 3 is 2.97 bits per heavy atom. The summed E-state index contributed by atoms with van der Waals surface area (Å²) >= 11 is 7.73. The van der Waals surface area contributed by atoms with Crippen LogP contribution >= 0.6 is 22.9 Å². The molecule has 0 radical (unpaired) electrons. The van der Waals surface area contributed by atoms with Crippen molar-refractivity contribution in [3.63, 3.8) is 0 Å². The second-order valence-corrected chi connectivity index (χ2v) is 8.97. The van der Waals surface area contributed by atoms with Crippen LogP contribution in [0.2, 0.25) is 5.02 Å². The molecule has 2 aromatic heterocycles. The number of amides is 1. The normalized spacial score (nSPS) is 15.9. The van der Waals surface area contributed by atoms with E-state index in [0.29, 0.717) is 33.6 Å². The van der Waals surface area contributed by atoms with E-state index in [1.165, 1.54) is 16.6 Å². The number of hydrogen-bond donors (Lipinski definition) is 1. The van der Waals surface area contributed by atoms with Gasteiger partial charge in [-0.25, -0.2) is 4.98 Å². The van der Waals surface area contributed by atoms with Crippen LogP contribution in [-0.4, -0.2) is 22.6 Å². The van der Waals surface area contributed by atoms with Gasteiger partial charge in [-0.15, -0.1) is 11.3 Å². The standard InChI is InChI=1S/C21H22ClN3O3S/c1-11-4-6-14-17(8-11)29-20-19(14)21(27)25(12(2)23-20)10-18(26)24-13-5-7-16(28-3)15(22)9-13/h5,7,9,11H,4,6,8,10H2,1-3H3,(H,24,26). The van der Waals surface area contributed by atoms with E-state index in [1.807, 2.05) is 0 Å². The van der Waals surface area contributed by atoms with Gasteiger partial charge in [-0.1, -0.05) is 18.5 Å². The van der Waals surface area contributed by atoms with Gasteiger partial charge < -0.3 is 10.1 Å². The van der Waals surface area contributed by atoms with Crippen molar-refractivity contribution in [1.29, 1.82) is 0 Å². The number of ether oxygens (including phenoxy) is 1. The molecule has 0 spiro atoms. The molecule has 1 aliphatic carbocycles. The molecule has 1 atom stereocenters. The smallest absolute Gasteiger partial charge is 0.263 e. The first-order valence-electron chi connectivity index (χ1n) is 9.52. The lowest BCUT2D eigenvalue weighted by Gasteiger charge is -2.17. The first kappa shape index (κ1) is 19.9. The fourth-order valence-electron chi connectivity index (χ4n) is 3.80. The molecule has 2 heterocycles. The molecule has 1 aliphatic rings. The topological polar surface area (TPSA) is 73.2 Å². The number of nitrogens with one attached hydrogen (secondary N) is 1. The average molecular weight is 432 g/mol. The summed E-state index contributed by atoms with van der Waals surface area (Å²) in [5, 5.41) is 3.87. The molecule has 0 fully saturated rings. The molecule has 1 unspecified atom stereocenters. The Bertz CT molecular complexity index is 1170. The highest BCUT2D eigenvalue weighted by molar-refractivity contribution is 7.18. The summed E-state index contributed by atoms with van der Waals surface area (Å²) in [6.07, 6.45) is 2.96. The Morgan fingerprint density at radius 2 is 2.24 bits per heavy atom. The maximum absolute atomic E-state index is 13.2. The minimum Gasteiger partial charge on any atom is -0.495 e. The van der Waals surface area contributed by atoms with Gasteiger partial charge in [-0.2, -0.15) is 0 Å². The average Bonchev–Trinajstić information content (AvgIpc) is 3.02. The number of benzene rings is 1. The highest BCUT2D eigenvalue weighted by Crippen LogP contribution is 2.35. The maximum atomic E-state index is 13.2. The number of aryl methyl sites for hydroxylation is 2. The summed E-state index contributed by atoms with van der Waals surface area (Å²) < 4.78 is 6.57. The van der Waals surface area contributed by atoms with Crippen molar-refractivity contribution >= 4 is 44.7 Å². The fraction of sp³-hybridized carbons (Fsp3) is 0.381. The fourth-order valence-corrected chi connectivity index (χ4v) is 5.48. The Morgan fingerprint density at radius 1 is 1.45 bits per heavy atom. The molecule has 1 N–H and O–H groups in total. The minimum absolute atomic E-state index is 0.0989. The van der Waals surface area contributed by atoms with Gasteiger partial charge in [0.1, 0.15) is 22.9 Å². The lowest BCUT2D eigenvalue weighted by Crippen LogP contribution is -2.30. The third-order valence-electron chi connectivity index (χ3n) is 5.34. The van der Waals surface area contributed by atoms with E-state index in [4.69, 9.17) is 16.3 Å². The number of hydrogen-bond acceptors (Lipinski definition) is 5. The third-order valence-corrected chi connectivity index (χ3v) is 6.79. The monoisotopic (exact) mass is 431 g/mol. The van der Waals surface area contributed by atoms with Crippen LogP contribution in [-0.2, 0) is 24.2 Å². The van der Waals surface area contributed by atoms with Gasteiger partial charge in [0, 0.05) is 10.6 Å². The van der Waals surface area contributed by atoms with E-state index in [-0.39, 0.29) is 18.0 Å². The predicted molar refractivity (Wildman–Crippen MR) is 116 cm³/mol. The Hall–Kier alpha value is -2.38. The molecule has 0 bridgehead atoms. The quantitative estimate of drug-likeness (QED) is 0.672. The van der Waals surface area contributed by atoms with Crippen molar-refractivity contribution in [2.75, 3.05) is 12.4 Å². The lowest BCUT2D eigenvalue weighted by atomic mass is 9.89. The van der Waals surface area contributed by atoms with Crippen LogP contribution in [0, 0.1) is 12.8 Å². The molecule has 1 amide bonds. The number of carbonyl (C=O) groups excluding carboxylic acids is 1. The van der Waals surface area contributed by atoms with Gasteiger partial charge in [-0.05, 0) is 55.9 Å². The molecule has 152 valence electrons. The van der Waals surface area contributed by atoms with Crippen LogP contribution in [0.15, 0.2) is 23.0 Å². The van der Waals surface area contributed by atoms with Crippen LogP contribution in [0.4, 0.5) is 5.69 Å². The maximum Gasteiger partial charge on any atom is 0.263 e. The van der Waals surface area contributed by atoms with Crippen molar-refractivity contribution in [2.24, 2.45) is 5.92 Å². The summed E-state index contributed by atoms with van der Waals surface area (Å²) in [5.41, 5.74) is 1.53. The largest absolute Gasteiger partial charge is 0.495 e. The van der Waals surface area contributed by atoms with E-state index in [9.17, 15) is 9.59 Å². The third kappa shape index (κ3) is 3.76. The number of anilines is 1. The van der Waals surface area contributed by atoms with Gasteiger partial charge in [0.15, 0.2) is 0 Å². The highest BCUT2D eigenvalue weighted by Gasteiger charge is 2.24. The summed E-state index contributed by atoms with van der Waals surface area (Å²) in [6, 6.07) is 5.00. The number of halogens is 1. The van der Waals surface area contributed by atoms with Crippen LogP contribution in [0.3, 0.4) is 0 Å². The predicted octanol–water partition coefficient (Wildman–Crippen LogP) is 4.19. The van der Waals surface area contributed by atoms with Gasteiger partial charge in [0.25, 0.3) is 5.56 Å². The van der Waals surface area contributed by atoms with E-state index in [0.717, 1.165) is 29.7 Å². The van der Waals surface area contributed by atoms with Crippen LogP contribution in [0.5, 0.6) is 5.75 Å². The van der Waals surface area contributed by atoms with Crippen molar-refractivity contribution in [1.82, 2.24) is 9.55 Å². The van der Waals surface area contributed by atoms with Crippen LogP contribution in [0.25, 0.3) is 10.2 Å². The van der Waals surface area contributed by atoms with Gasteiger partial charge >= 0.3 is 0 Å². The number of thiophene rings is 1. The molecule has 0 saturated heterocycles. The molecule has 3 aromatic rings.